The molecule has 0 unspecified atom stereocenters. The molecule has 2 aromatic carbocycles. The third-order valence-electron chi connectivity index (χ3n) is 2.82. The maximum absolute atomic E-state index is 11.1. The molecule has 3 heteroatoms. The Morgan fingerprint density at radius 1 is 1.16 bits per heavy atom. The van der Waals surface area contributed by atoms with Gasteiger partial charge in [-0.1, -0.05) is 54.1 Å². The zero-order valence-electron chi connectivity index (χ0n) is 10.2. The molecule has 0 saturated carbocycles. The summed E-state index contributed by atoms with van der Waals surface area (Å²) >= 11 is 5.77. The maximum Gasteiger partial charge on any atom is 0.150 e. The van der Waals surface area contributed by atoms with Gasteiger partial charge in [0.2, 0.25) is 0 Å². The Balaban J connectivity index is 2.23. The van der Waals surface area contributed by atoms with E-state index in [1.807, 2.05) is 30.3 Å². The van der Waals surface area contributed by atoms with Crippen LogP contribution in [0.5, 0.6) is 5.75 Å². The summed E-state index contributed by atoms with van der Waals surface area (Å²) in [6, 6.07) is 14.4. The number of halogens is 1. The van der Waals surface area contributed by atoms with Crippen molar-refractivity contribution in [2.45, 2.75) is 6.42 Å². The number of hydrogen-bond donors (Lipinski definition) is 1. The summed E-state index contributed by atoms with van der Waals surface area (Å²) in [4.78, 5) is 11.1. The summed E-state index contributed by atoms with van der Waals surface area (Å²) in [5.74, 6) is 0.141. The van der Waals surface area contributed by atoms with E-state index in [9.17, 15) is 9.90 Å². The van der Waals surface area contributed by atoms with Crippen molar-refractivity contribution in [2.75, 3.05) is 0 Å². The number of benzene rings is 2. The zero-order valence-corrected chi connectivity index (χ0v) is 11.0. The molecule has 2 aromatic rings. The van der Waals surface area contributed by atoms with Crippen LogP contribution in [0.4, 0.5) is 0 Å². The fourth-order valence-electron chi connectivity index (χ4n) is 1.79. The lowest BCUT2D eigenvalue weighted by molar-refractivity contribution is -0.103. The second-order valence-corrected chi connectivity index (χ2v) is 4.56. The number of hydrogen-bond acceptors (Lipinski definition) is 2. The van der Waals surface area contributed by atoms with Crippen LogP contribution < -0.4 is 0 Å². The lowest BCUT2D eigenvalue weighted by atomic mass is 10.0. The van der Waals surface area contributed by atoms with Crippen molar-refractivity contribution in [3.8, 4) is 5.75 Å². The molecule has 0 aliphatic heterocycles. The minimum Gasteiger partial charge on any atom is -0.508 e. The number of phenols is 1. The molecule has 0 amide bonds. The van der Waals surface area contributed by atoms with Gasteiger partial charge in [0.15, 0.2) is 0 Å². The molecule has 2 nitrogen and oxygen atoms in total. The average Bonchev–Trinajstić information content (AvgIpc) is 2.43. The van der Waals surface area contributed by atoms with E-state index in [2.05, 4.69) is 0 Å². The van der Waals surface area contributed by atoms with Crippen LogP contribution in [-0.4, -0.2) is 11.4 Å². The summed E-state index contributed by atoms with van der Waals surface area (Å²) in [6.45, 7) is 0. The van der Waals surface area contributed by atoms with E-state index in [4.69, 9.17) is 11.6 Å². The van der Waals surface area contributed by atoms with Gasteiger partial charge in [0.1, 0.15) is 12.0 Å². The molecule has 0 aliphatic rings. The minimum atomic E-state index is 0.141. The summed E-state index contributed by atoms with van der Waals surface area (Å²) < 4.78 is 0. The van der Waals surface area contributed by atoms with Gasteiger partial charge in [-0.2, -0.15) is 0 Å². The van der Waals surface area contributed by atoms with E-state index in [1.54, 1.807) is 18.2 Å². The van der Waals surface area contributed by atoms with Crippen LogP contribution in [0.15, 0.2) is 54.6 Å². The molecular formula is C16H13ClO2. The van der Waals surface area contributed by atoms with E-state index < -0.39 is 0 Å². The van der Waals surface area contributed by atoms with Gasteiger partial charge in [0.05, 0.1) is 0 Å². The number of rotatable bonds is 4. The average molecular weight is 273 g/mol. The first-order valence-corrected chi connectivity index (χ1v) is 6.26. The number of aldehydes is 1. The Labute approximate surface area is 117 Å². The van der Waals surface area contributed by atoms with Crippen molar-refractivity contribution in [1.82, 2.24) is 0 Å². The number of allylic oxidation sites excluding steroid dienone is 2. The molecule has 0 heterocycles. The monoisotopic (exact) mass is 272 g/mol. The normalized spacial score (nSPS) is 11.3. The molecule has 0 aliphatic carbocycles. The number of carbonyl (C=O) groups is 1. The van der Waals surface area contributed by atoms with Gasteiger partial charge in [0, 0.05) is 10.6 Å². The standard InChI is InChI=1S/C16H13ClO2/c17-15-9-8-13(16(19)10-15)6-7-14(11-18)12-4-2-1-3-5-12/h1-5,7-11,19H,6H2. The lowest BCUT2D eigenvalue weighted by Gasteiger charge is -2.03. The predicted octanol–water partition coefficient (Wildman–Crippen LogP) is 3.87. The molecule has 0 radical (unpaired) electrons. The highest BCUT2D eigenvalue weighted by molar-refractivity contribution is 6.30. The minimum absolute atomic E-state index is 0.141. The molecule has 0 fully saturated rings. The van der Waals surface area contributed by atoms with Gasteiger partial charge < -0.3 is 5.11 Å². The molecule has 19 heavy (non-hydrogen) atoms. The van der Waals surface area contributed by atoms with Crippen LogP contribution >= 0.6 is 11.6 Å². The van der Waals surface area contributed by atoms with Crippen LogP contribution in [0.3, 0.4) is 0 Å². The van der Waals surface area contributed by atoms with E-state index in [1.165, 1.54) is 6.07 Å². The van der Waals surface area contributed by atoms with Crippen LogP contribution in [0.2, 0.25) is 5.02 Å². The van der Waals surface area contributed by atoms with Crippen molar-refractivity contribution in [3.05, 3.63) is 70.8 Å². The van der Waals surface area contributed by atoms with Crippen LogP contribution in [0.1, 0.15) is 11.1 Å². The first kappa shape index (κ1) is 13.4. The first-order chi connectivity index (χ1) is 9.20. The fourth-order valence-corrected chi connectivity index (χ4v) is 1.96. The molecular weight excluding hydrogens is 260 g/mol. The van der Waals surface area contributed by atoms with Crippen molar-refractivity contribution >= 4 is 23.5 Å². The van der Waals surface area contributed by atoms with Crippen molar-refractivity contribution in [2.24, 2.45) is 0 Å². The lowest BCUT2D eigenvalue weighted by Crippen LogP contribution is -1.89. The number of carbonyl (C=O) groups excluding carboxylic acids is 1. The fraction of sp³-hybridized carbons (Fsp3) is 0.0625. The van der Waals surface area contributed by atoms with Crippen LogP contribution in [-0.2, 0) is 11.2 Å². The van der Waals surface area contributed by atoms with Crippen molar-refractivity contribution in [1.29, 1.82) is 0 Å². The quantitative estimate of drug-likeness (QED) is 0.678. The van der Waals surface area contributed by atoms with Gasteiger partial charge >= 0.3 is 0 Å². The summed E-state index contributed by atoms with van der Waals surface area (Å²) in [5.41, 5.74) is 2.21. The number of phenolic OH excluding ortho intramolecular Hbond substituents is 1. The number of aromatic hydroxyl groups is 1. The van der Waals surface area contributed by atoms with Gasteiger partial charge in [-0.05, 0) is 29.7 Å². The Kier molecular flexibility index (Phi) is 4.37. The van der Waals surface area contributed by atoms with E-state index in [0.717, 1.165) is 17.4 Å². The summed E-state index contributed by atoms with van der Waals surface area (Å²) in [6.07, 6.45) is 3.10. The molecule has 2 rings (SSSR count). The summed E-state index contributed by atoms with van der Waals surface area (Å²) in [7, 11) is 0. The van der Waals surface area contributed by atoms with Crippen molar-refractivity contribution in [3.63, 3.8) is 0 Å². The SMILES string of the molecule is O=CC(=CCc1ccc(Cl)cc1O)c1ccccc1. The summed E-state index contributed by atoms with van der Waals surface area (Å²) in [5, 5.41) is 10.2. The van der Waals surface area contributed by atoms with Crippen molar-refractivity contribution < 1.29 is 9.90 Å². The van der Waals surface area contributed by atoms with Gasteiger partial charge in [-0.15, -0.1) is 0 Å². The Hall–Kier alpha value is -2.06. The first-order valence-electron chi connectivity index (χ1n) is 5.89. The molecule has 0 spiro atoms. The van der Waals surface area contributed by atoms with Crippen LogP contribution in [0, 0.1) is 0 Å². The highest BCUT2D eigenvalue weighted by Crippen LogP contribution is 2.23. The maximum atomic E-state index is 11.1. The molecule has 96 valence electrons. The largest absolute Gasteiger partial charge is 0.508 e. The topological polar surface area (TPSA) is 37.3 Å². The Morgan fingerprint density at radius 2 is 1.89 bits per heavy atom. The zero-order chi connectivity index (χ0) is 13.7. The van der Waals surface area contributed by atoms with E-state index in [0.29, 0.717) is 17.0 Å². The highest BCUT2D eigenvalue weighted by atomic mass is 35.5. The Bertz CT molecular complexity index is 603. The predicted molar refractivity (Wildman–Crippen MR) is 77.3 cm³/mol. The molecule has 0 saturated heterocycles. The molecule has 0 bridgehead atoms. The third kappa shape index (κ3) is 3.46. The third-order valence-corrected chi connectivity index (χ3v) is 3.06. The smallest absolute Gasteiger partial charge is 0.150 e. The van der Waals surface area contributed by atoms with E-state index >= 15 is 0 Å². The van der Waals surface area contributed by atoms with Crippen LogP contribution in [0.25, 0.3) is 5.57 Å². The highest BCUT2D eigenvalue weighted by Gasteiger charge is 2.03. The van der Waals surface area contributed by atoms with Gasteiger partial charge in [-0.25, -0.2) is 0 Å². The molecule has 1 N–H and O–H groups in total. The second-order valence-electron chi connectivity index (χ2n) is 4.12. The molecule has 0 atom stereocenters. The van der Waals surface area contributed by atoms with Gasteiger partial charge in [-0.3, -0.25) is 4.79 Å². The molecule has 0 aromatic heterocycles. The second kappa shape index (κ2) is 6.21. The van der Waals surface area contributed by atoms with E-state index in [-0.39, 0.29) is 5.75 Å². The Morgan fingerprint density at radius 3 is 2.53 bits per heavy atom. The van der Waals surface area contributed by atoms with Gasteiger partial charge in [0.25, 0.3) is 0 Å².